The maximum atomic E-state index is 11.3. The molecule has 0 unspecified atom stereocenters. The molecule has 0 radical (unpaired) electrons. The van der Waals surface area contributed by atoms with E-state index in [9.17, 15) is 8.42 Å². The number of sulfone groups is 1. The topological polar surface area (TPSA) is 34.1 Å². The van der Waals surface area contributed by atoms with E-state index in [1.807, 2.05) is 0 Å². The Bertz CT molecular complexity index is 383. The van der Waals surface area contributed by atoms with Crippen LogP contribution in [-0.2, 0) is 29.2 Å². The van der Waals surface area contributed by atoms with Gasteiger partial charge in [-0.3, -0.25) is 0 Å². The van der Waals surface area contributed by atoms with Crippen molar-refractivity contribution in [2.45, 2.75) is 27.7 Å². The number of rotatable bonds is 4. The van der Waals surface area contributed by atoms with Gasteiger partial charge in [-0.1, -0.05) is 0 Å². The van der Waals surface area contributed by atoms with Gasteiger partial charge in [0.05, 0.1) is 0 Å². The first-order valence-corrected chi connectivity index (χ1v) is 7.81. The third-order valence-electron chi connectivity index (χ3n) is 1.88. The molecule has 0 spiro atoms. The fourth-order valence-electron chi connectivity index (χ4n) is 0.678. The predicted molar refractivity (Wildman–Crippen MR) is 60.9 cm³/mol. The van der Waals surface area contributed by atoms with E-state index in [1.54, 1.807) is 13.0 Å². The van der Waals surface area contributed by atoms with Crippen molar-refractivity contribution in [3.8, 4) is 0 Å². The van der Waals surface area contributed by atoms with Crippen LogP contribution in [0.5, 0.6) is 0 Å². The Morgan fingerprint density at radius 3 is 2.13 bits per heavy atom. The molecule has 4 heteroatoms. The van der Waals surface area contributed by atoms with E-state index >= 15 is 0 Å². The first-order valence-electron chi connectivity index (χ1n) is 4.69. The van der Waals surface area contributed by atoms with Crippen LogP contribution in [-0.4, -0.2) is 18.1 Å². The molecule has 0 aromatic rings. The second-order valence-corrected chi connectivity index (χ2v) is 8.11. The standard InChI is InChI=1S/C11H17O2S.W/c1-6-14(12,13)10(2)8-7-9-11(3,4)5;/h2,7-8H,6H2,1,3-5H3;/q-1;/b8-7-;. The van der Waals surface area contributed by atoms with Gasteiger partial charge in [0, 0.05) is 0 Å². The zero-order chi connectivity index (χ0) is 12.3. The third kappa shape index (κ3) is 5.03. The van der Waals surface area contributed by atoms with E-state index in [1.165, 1.54) is 29.3 Å². The van der Waals surface area contributed by atoms with Gasteiger partial charge in [-0.25, -0.2) is 0 Å². The molecule has 0 aliphatic rings. The monoisotopic (exact) mass is 397 g/mol. The van der Waals surface area contributed by atoms with Gasteiger partial charge in [0.15, 0.2) is 0 Å². The molecular weight excluding hydrogens is 380 g/mol. The van der Waals surface area contributed by atoms with E-state index < -0.39 is 9.84 Å². The SMILES string of the molecule is [CH-]=C(/C=C\[C](=[W])C(C)(C)C)S(=O)(=O)CC. The minimum absolute atomic E-state index is 0.0462. The number of allylic oxidation sites excluding steroid dienone is 2. The Morgan fingerprint density at radius 1 is 1.33 bits per heavy atom. The van der Waals surface area contributed by atoms with Crippen molar-refractivity contribution in [3.63, 3.8) is 0 Å². The summed E-state index contributed by atoms with van der Waals surface area (Å²) in [7, 11) is -3.24. The quantitative estimate of drug-likeness (QED) is 0.538. The number of hydrogen-bond acceptors (Lipinski definition) is 2. The fraction of sp³-hybridized carbons (Fsp3) is 0.545. The van der Waals surface area contributed by atoms with Crippen LogP contribution in [0.25, 0.3) is 0 Å². The van der Waals surface area contributed by atoms with Crippen molar-refractivity contribution in [2.75, 3.05) is 5.75 Å². The van der Waals surface area contributed by atoms with E-state index in [-0.39, 0.29) is 16.1 Å². The molecule has 0 bridgehead atoms. The molecule has 0 saturated carbocycles. The summed E-state index contributed by atoms with van der Waals surface area (Å²) in [4.78, 5) is -0.0481. The number of hydrogen-bond donors (Lipinski definition) is 0. The summed E-state index contributed by atoms with van der Waals surface area (Å²) in [5.74, 6) is 0.0462. The molecule has 0 atom stereocenters. The minimum atomic E-state index is -3.24. The van der Waals surface area contributed by atoms with Crippen LogP contribution in [0.15, 0.2) is 17.1 Å². The molecule has 0 saturated heterocycles. The van der Waals surface area contributed by atoms with Crippen LogP contribution in [0.4, 0.5) is 0 Å². The second kappa shape index (κ2) is 5.36. The first-order chi connectivity index (χ1) is 6.61. The molecule has 15 heavy (non-hydrogen) atoms. The van der Waals surface area contributed by atoms with Crippen molar-refractivity contribution in [1.29, 1.82) is 0 Å². The molecule has 2 nitrogen and oxygen atoms in total. The van der Waals surface area contributed by atoms with Crippen LogP contribution in [0.3, 0.4) is 0 Å². The average molecular weight is 397 g/mol. The summed E-state index contributed by atoms with van der Waals surface area (Å²) in [6.07, 6.45) is 3.30. The van der Waals surface area contributed by atoms with E-state index in [0.29, 0.717) is 0 Å². The van der Waals surface area contributed by atoms with Gasteiger partial charge >= 0.3 is 104 Å². The molecule has 0 aromatic carbocycles. The van der Waals surface area contributed by atoms with Gasteiger partial charge in [0.1, 0.15) is 0 Å². The maximum absolute atomic E-state index is 11.3. The fourth-order valence-corrected chi connectivity index (χ4v) is 1.53. The van der Waals surface area contributed by atoms with Gasteiger partial charge in [0.2, 0.25) is 0 Å². The Kier molecular flexibility index (Phi) is 5.35. The van der Waals surface area contributed by atoms with Gasteiger partial charge in [-0.2, -0.15) is 0 Å². The zero-order valence-electron chi connectivity index (χ0n) is 9.57. The average Bonchev–Trinajstić information content (AvgIpc) is 2.11. The van der Waals surface area contributed by atoms with Gasteiger partial charge in [-0.15, -0.1) is 0 Å². The van der Waals surface area contributed by atoms with Crippen molar-refractivity contribution in [3.05, 3.63) is 23.6 Å². The molecule has 0 N–H and O–H groups in total. The summed E-state index contributed by atoms with van der Waals surface area (Å²) >= 11 is 1.33. The summed E-state index contributed by atoms with van der Waals surface area (Å²) in [5, 5.41) is 0. The van der Waals surface area contributed by atoms with Crippen molar-refractivity contribution in [2.24, 2.45) is 5.41 Å². The van der Waals surface area contributed by atoms with Crippen molar-refractivity contribution in [1.82, 2.24) is 0 Å². The van der Waals surface area contributed by atoms with Crippen molar-refractivity contribution < 1.29 is 27.8 Å². The molecule has 0 fully saturated rings. The Hall–Kier alpha value is -0.0117. The Morgan fingerprint density at radius 2 is 1.80 bits per heavy atom. The normalized spacial score (nSPS) is 13.1. The first kappa shape index (κ1) is 15.0. The summed E-state index contributed by atoms with van der Waals surface area (Å²) in [6, 6.07) is 0. The van der Waals surface area contributed by atoms with Gasteiger partial charge in [-0.05, 0) is 0 Å². The van der Waals surface area contributed by atoms with E-state index in [2.05, 4.69) is 20.8 Å². The summed E-state index contributed by atoms with van der Waals surface area (Å²) < 4.78 is 23.9. The molecular formula is C11H17O2SW-. The molecule has 0 aliphatic heterocycles. The molecule has 0 heterocycles. The molecule has 0 amide bonds. The summed E-state index contributed by atoms with van der Waals surface area (Å²) in [6.45, 7) is 13.3. The third-order valence-corrected chi connectivity index (χ3v) is 6.18. The second-order valence-electron chi connectivity index (χ2n) is 4.25. The Labute approximate surface area is 104 Å². The molecule has 0 aliphatic carbocycles. The zero-order valence-corrected chi connectivity index (χ0v) is 13.3. The summed E-state index contributed by atoms with van der Waals surface area (Å²) in [5.41, 5.74) is 0.0715. The van der Waals surface area contributed by atoms with E-state index in [4.69, 9.17) is 6.58 Å². The van der Waals surface area contributed by atoms with Crippen LogP contribution in [0.1, 0.15) is 27.7 Å². The molecule has 0 rings (SSSR count). The van der Waals surface area contributed by atoms with Gasteiger partial charge in [0.25, 0.3) is 0 Å². The molecule has 86 valence electrons. The van der Waals surface area contributed by atoms with Crippen LogP contribution < -0.4 is 0 Å². The predicted octanol–water partition coefficient (Wildman–Crippen LogP) is 2.06. The molecule has 0 aromatic heterocycles. The van der Waals surface area contributed by atoms with E-state index in [0.717, 1.165) is 0 Å². The van der Waals surface area contributed by atoms with Crippen molar-refractivity contribution >= 4 is 13.7 Å². The van der Waals surface area contributed by atoms with Gasteiger partial charge < -0.3 is 0 Å². The van der Waals surface area contributed by atoms with Crippen LogP contribution in [0.2, 0.25) is 0 Å². The Balaban J connectivity index is 4.73. The van der Waals surface area contributed by atoms with Crippen LogP contribution >= 0.6 is 0 Å². The van der Waals surface area contributed by atoms with Crippen LogP contribution in [0, 0.1) is 12.0 Å².